The highest BCUT2D eigenvalue weighted by atomic mass is 16.5. The molecule has 1 saturated carbocycles. The van der Waals surface area contributed by atoms with Gasteiger partial charge in [0.15, 0.2) is 0 Å². The normalized spacial score (nSPS) is 21.8. The molecular formula is C17H25NO3. The Labute approximate surface area is 126 Å². The maximum atomic E-state index is 12.5. The zero-order valence-corrected chi connectivity index (χ0v) is 12.9. The lowest BCUT2D eigenvalue weighted by Gasteiger charge is -2.30. The minimum absolute atomic E-state index is 0.00494. The third kappa shape index (κ3) is 3.69. The van der Waals surface area contributed by atoms with Gasteiger partial charge in [0.25, 0.3) is 0 Å². The van der Waals surface area contributed by atoms with Crippen LogP contribution in [0.5, 0.6) is 5.75 Å². The second-order valence-electron chi connectivity index (χ2n) is 5.55. The van der Waals surface area contributed by atoms with Crippen molar-refractivity contribution < 1.29 is 14.3 Å². The number of anilines is 1. The number of nitrogens with two attached hydrogens (primary N) is 1. The SMILES string of the molecule is CCOc1cccc(N)c1C(=O)OC1CCCCC1CC. The molecule has 0 spiro atoms. The van der Waals surface area contributed by atoms with E-state index in [1.54, 1.807) is 18.2 Å². The van der Waals surface area contributed by atoms with Gasteiger partial charge in [0, 0.05) is 5.69 Å². The summed E-state index contributed by atoms with van der Waals surface area (Å²) >= 11 is 0. The zero-order chi connectivity index (χ0) is 15.2. The predicted octanol–water partition coefficient (Wildman–Crippen LogP) is 3.79. The third-order valence-electron chi connectivity index (χ3n) is 4.18. The van der Waals surface area contributed by atoms with Crippen LogP contribution >= 0.6 is 0 Å². The number of ether oxygens (including phenoxy) is 2. The van der Waals surface area contributed by atoms with Crippen molar-refractivity contribution in [3.63, 3.8) is 0 Å². The number of benzene rings is 1. The van der Waals surface area contributed by atoms with E-state index in [9.17, 15) is 4.79 Å². The Morgan fingerprint density at radius 3 is 2.76 bits per heavy atom. The molecule has 1 aromatic carbocycles. The lowest BCUT2D eigenvalue weighted by atomic mass is 9.85. The molecule has 1 fully saturated rings. The smallest absolute Gasteiger partial charge is 0.344 e. The Hall–Kier alpha value is -1.71. The summed E-state index contributed by atoms with van der Waals surface area (Å²) in [4.78, 5) is 12.5. The van der Waals surface area contributed by atoms with E-state index in [-0.39, 0.29) is 12.1 Å². The van der Waals surface area contributed by atoms with E-state index in [4.69, 9.17) is 15.2 Å². The first-order valence-electron chi connectivity index (χ1n) is 7.89. The van der Waals surface area contributed by atoms with Gasteiger partial charge in [-0.25, -0.2) is 4.79 Å². The van der Waals surface area contributed by atoms with Crippen molar-refractivity contribution in [2.75, 3.05) is 12.3 Å². The number of carbonyl (C=O) groups excluding carboxylic acids is 1. The van der Waals surface area contributed by atoms with E-state index >= 15 is 0 Å². The summed E-state index contributed by atoms with van der Waals surface area (Å²) in [5, 5.41) is 0. The molecule has 1 aromatic rings. The van der Waals surface area contributed by atoms with Crippen LogP contribution in [0.1, 0.15) is 56.3 Å². The van der Waals surface area contributed by atoms with Gasteiger partial charge in [0.2, 0.25) is 0 Å². The standard InChI is InChI=1S/C17H25NO3/c1-3-12-8-5-6-10-14(12)21-17(19)16-13(18)9-7-11-15(16)20-4-2/h7,9,11-12,14H,3-6,8,10,18H2,1-2H3. The first-order chi connectivity index (χ1) is 10.2. The summed E-state index contributed by atoms with van der Waals surface area (Å²) in [6.45, 7) is 4.52. The number of hydrogen-bond acceptors (Lipinski definition) is 4. The molecule has 4 heteroatoms. The van der Waals surface area contributed by atoms with Gasteiger partial charge in [-0.2, -0.15) is 0 Å². The van der Waals surface area contributed by atoms with Crippen LogP contribution in [0.4, 0.5) is 5.69 Å². The molecule has 0 radical (unpaired) electrons. The summed E-state index contributed by atoms with van der Waals surface area (Å²) in [5.74, 6) is 0.608. The molecule has 21 heavy (non-hydrogen) atoms. The van der Waals surface area contributed by atoms with Gasteiger partial charge in [-0.1, -0.05) is 19.4 Å². The average molecular weight is 291 g/mol. The monoisotopic (exact) mass is 291 g/mol. The fourth-order valence-electron chi connectivity index (χ4n) is 3.03. The van der Waals surface area contributed by atoms with Crippen LogP contribution in [-0.4, -0.2) is 18.7 Å². The van der Waals surface area contributed by atoms with Gasteiger partial charge in [-0.15, -0.1) is 0 Å². The van der Waals surface area contributed by atoms with Gasteiger partial charge in [-0.05, 0) is 50.7 Å². The van der Waals surface area contributed by atoms with E-state index < -0.39 is 0 Å². The van der Waals surface area contributed by atoms with Crippen molar-refractivity contribution in [3.8, 4) is 5.75 Å². The van der Waals surface area contributed by atoms with E-state index in [0.29, 0.717) is 29.5 Å². The lowest BCUT2D eigenvalue weighted by molar-refractivity contribution is 0.000513. The number of esters is 1. The molecule has 0 aromatic heterocycles. The number of hydrogen-bond donors (Lipinski definition) is 1. The number of nitrogen functional groups attached to an aromatic ring is 1. The van der Waals surface area contributed by atoms with Gasteiger partial charge in [-0.3, -0.25) is 0 Å². The van der Waals surface area contributed by atoms with Crippen molar-refractivity contribution >= 4 is 11.7 Å². The van der Waals surface area contributed by atoms with Gasteiger partial charge >= 0.3 is 5.97 Å². The highest BCUT2D eigenvalue weighted by Gasteiger charge is 2.29. The highest BCUT2D eigenvalue weighted by molar-refractivity contribution is 5.98. The van der Waals surface area contributed by atoms with Gasteiger partial charge < -0.3 is 15.2 Å². The lowest BCUT2D eigenvalue weighted by Crippen LogP contribution is -2.30. The van der Waals surface area contributed by atoms with E-state index in [0.717, 1.165) is 25.7 Å². The molecular weight excluding hydrogens is 266 g/mol. The zero-order valence-electron chi connectivity index (χ0n) is 12.9. The van der Waals surface area contributed by atoms with Crippen LogP contribution in [0, 0.1) is 5.92 Å². The second-order valence-corrected chi connectivity index (χ2v) is 5.55. The first-order valence-corrected chi connectivity index (χ1v) is 7.89. The van der Waals surface area contributed by atoms with Crippen LogP contribution in [0.25, 0.3) is 0 Å². The van der Waals surface area contributed by atoms with E-state index in [2.05, 4.69) is 6.92 Å². The summed E-state index contributed by atoms with van der Waals surface area (Å²) in [6.07, 6.45) is 5.48. The van der Waals surface area contributed by atoms with E-state index in [1.165, 1.54) is 6.42 Å². The van der Waals surface area contributed by atoms with Crippen LogP contribution in [0.3, 0.4) is 0 Å². The first kappa shape index (κ1) is 15.7. The molecule has 0 aliphatic heterocycles. The van der Waals surface area contributed by atoms with Gasteiger partial charge in [0.1, 0.15) is 17.4 Å². The minimum atomic E-state index is -0.359. The fraction of sp³-hybridized carbons (Fsp3) is 0.588. The Morgan fingerprint density at radius 2 is 2.05 bits per heavy atom. The fourth-order valence-corrected chi connectivity index (χ4v) is 3.03. The molecule has 2 rings (SSSR count). The van der Waals surface area contributed by atoms with Crippen LogP contribution < -0.4 is 10.5 Å². The number of carbonyl (C=O) groups is 1. The molecule has 1 aliphatic rings. The van der Waals surface area contributed by atoms with Crippen molar-refractivity contribution in [1.29, 1.82) is 0 Å². The van der Waals surface area contributed by atoms with Crippen molar-refractivity contribution in [2.24, 2.45) is 5.92 Å². The Bertz CT molecular complexity index is 487. The molecule has 0 heterocycles. The summed E-state index contributed by atoms with van der Waals surface area (Å²) < 4.78 is 11.3. The highest BCUT2D eigenvalue weighted by Crippen LogP contribution is 2.32. The molecule has 0 saturated heterocycles. The van der Waals surface area contributed by atoms with Crippen LogP contribution in [-0.2, 0) is 4.74 Å². The maximum Gasteiger partial charge on any atom is 0.344 e. The number of rotatable bonds is 5. The molecule has 4 nitrogen and oxygen atoms in total. The molecule has 2 unspecified atom stereocenters. The largest absolute Gasteiger partial charge is 0.493 e. The molecule has 0 amide bonds. The van der Waals surface area contributed by atoms with Gasteiger partial charge in [0.05, 0.1) is 6.61 Å². The van der Waals surface area contributed by atoms with Crippen molar-refractivity contribution in [1.82, 2.24) is 0 Å². The van der Waals surface area contributed by atoms with Crippen LogP contribution in [0.15, 0.2) is 18.2 Å². The van der Waals surface area contributed by atoms with Crippen molar-refractivity contribution in [2.45, 2.75) is 52.1 Å². The summed E-state index contributed by atoms with van der Waals surface area (Å²) in [7, 11) is 0. The second kappa shape index (κ2) is 7.34. The Morgan fingerprint density at radius 1 is 1.29 bits per heavy atom. The maximum absolute atomic E-state index is 12.5. The average Bonchev–Trinajstić information content (AvgIpc) is 2.48. The van der Waals surface area contributed by atoms with Crippen LogP contribution in [0.2, 0.25) is 0 Å². The summed E-state index contributed by atoms with van der Waals surface area (Å²) in [5.41, 5.74) is 6.72. The van der Waals surface area contributed by atoms with Crippen molar-refractivity contribution in [3.05, 3.63) is 23.8 Å². The minimum Gasteiger partial charge on any atom is -0.493 e. The molecule has 116 valence electrons. The Balaban J connectivity index is 2.16. The Kier molecular flexibility index (Phi) is 5.48. The molecule has 2 atom stereocenters. The molecule has 2 N–H and O–H groups in total. The quantitative estimate of drug-likeness (QED) is 0.662. The topological polar surface area (TPSA) is 61.5 Å². The third-order valence-corrected chi connectivity index (χ3v) is 4.18. The molecule has 0 bridgehead atoms. The molecule has 1 aliphatic carbocycles. The predicted molar refractivity (Wildman–Crippen MR) is 83.5 cm³/mol. The van der Waals surface area contributed by atoms with E-state index in [1.807, 2.05) is 6.92 Å². The summed E-state index contributed by atoms with van der Waals surface area (Å²) in [6, 6.07) is 5.25.